The fourth-order valence-electron chi connectivity index (χ4n) is 2.25. The molecule has 1 unspecified atom stereocenters. The molecule has 1 atom stereocenters. The molecule has 1 fully saturated rings. The van der Waals surface area contributed by atoms with Gasteiger partial charge >= 0.3 is 0 Å². The summed E-state index contributed by atoms with van der Waals surface area (Å²) >= 11 is 0. The van der Waals surface area contributed by atoms with Crippen LogP contribution in [0.2, 0.25) is 0 Å². The minimum atomic E-state index is 0.535. The first kappa shape index (κ1) is 11.2. The molecule has 18 heavy (non-hydrogen) atoms. The van der Waals surface area contributed by atoms with Gasteiger partial charge in [0, 0.05) is 18.3 Å². The van der Waals surface area contributed by atoms with Gasteiger partial charge in [-0.2, -0.15) is 15.0 Å². The number of nitrogens with zero attached hydrogens (tertiary/aromatic N) is 3. The third kappa shape index (κ3) is 2.51. The highest BCUT2D eigenvalue weighted by molar-refractivity contribution is 5.48. The third-order valence-corrected chi connectivity index (χ3v) is 3.18. The van der Waals surface area contributed by atoms with E-state index in [1.165, 1.54) is 12.8 Å². The normalized spacial score (nSPS) is 19.7. The van der Waals surface area contributed by atoms with Crippen LogP contribution in [0, 0.1) is 0 Å². The van der Waals surface area contributed by atoms with Crippen molar-refractivity contribution in [2.24, 2.45) is 0 Å². The Morgan fingerprint density at radius 1 is 1.17 bits per heavy atom. The molecule has 5 heteroatoms. The maximum atomic E-state index is 4.11. The summed E-state index contributed by atoms with van der Waals surface area (Å²) < 4.78 is 0. The molecule has 1 aliphatic heterocycles. The molecular weight excluding hydrogens is 226 g/mol. The molecule has 1 aromatic heterocycles. The van der Waals surface area contributed by atoms with Crippen molar-refractivity contribution in [3.8, 4) is 5.69 Å². The second-order valence-electron chi connectivity index (χ2n) is 4.55. The first-order valence-corrected chi connectivity index (χ1v) is 6.36. The molecule has 0 radical (unpaired) electrons. The molecule has 1 saturated heterocycles. The zero-order chi connectivity index (χ0) is 12.2. The van der Waals surface area contributed by atoms with Crippen LogP contribution in [0.3, 0.4) is 0 Å². The maximum absolute atomic E-state index is 4.11. The number of aromatic nitrogens is 3. The molecule has 1 aliphatic rings. The lowest BCUT2D eigenvalue weighted by molar-refractivity contribution is 0.480. The van der Waals surface area contributed by atoms with E-state index in [2.05, 4.69) is 33.0 Å². The molecule has 3 rings (SSSR count). The fourth-order valence-corrected chi connectivity index (χ4v) is 2.25. The molecule has 0 bridgehead atoms. The Balaban J connectivity index is 1.67. The topological polar surface area (TPSA) is 54.8 Å². The van der Waals surface area contributed by atoms with Crippen molar-refractivity contribution in [3.05, 3.63) is 36.7 Å². The van der Waals surface area contributed by atoms with Crippen molar-refractivity contribution in [3.63, 3.8) is 0 Å². The second kappa shape index (κ2) is 5.18. The summed E-state index contributed by atoms with van der Waals surface area (Å²) in [4.78, 5) is 1.62. The zero-order valence-corrected chi connectivity index (χ0v) is 10.2. The number of hydrogen-bond acceptors (Lipinski definition) is 4. The van der Waals surface area contributed by atoms with Crippen molar-refractivity contribution in [2.75, 3.05) is 18.4 Å². The minimum Gasteiger partial charge on any atom is -0.381 e. The second-order valence-corrected chi connectivity index (χ2v) is 4.55. The van der Waals surface area contributed by atoms with Crippen LogP contribution in [0.5, 0.6) is 0 Å². The average Bonchev–Trinajstić information content (AvgIpc) is 2.95. The third-order valence-electron chi connectivity index (χ3n) is 3.18. The van der Waals surface area contributed by atoms with Gasteiger partial charge in [0.25, 0.3) is 0 Å². The lowest BCUT2D eigenvalue weighted by Gasteiger charge is -2.24. The molecule has 2 aromatic rings. The van der Waals surface area contributed by atoms with E-state index in [0.29, 0.717) is 6.04 Å². The van der Waals surface area contributed by atoms with Crippen LogP contribution >= 0.6 is 0 Å². The van der Waals surface area contributed by atoms with Crippen LogP contribution in [0.15, 0.2) is 36.7 Å². The van der Waals surface area contributed by atoms with Crippen molar-refractivity contribution in [1.29, 1.82) is 0 Å². The van der Waals surface area contributed by atoms with Gasteiger partial charge in [0.2, 0.25) is 0 Å². The lowest BCUT2D eigenvalue weighted by atomic mass is 10.1. The van der Waals surface area contributed by atoms with Gasteiger partial charge in [0.15, 0.2) is 0 Å². The SMILES string of the molecule is c1cnn(-c2ccc(NC3CCCNC3)cc2)n1. The van der Waals surface area contributed by atoms with Crippen LogP contribution in [0.25, 0.3) is 5.69 Å². The Bertz CT molecular complexity index is 471. The Morgan fingerprint density at radius 2 is 1.94 bits per heavy atom. The predicted molar refractivity (Wildman–Crippen MR) is 70.9 cm³/mol. The summed E-state index contributed by atoms with van der Waals surface area (Å²) in [6, 6.07) is 8.74. The molecule has 2 heterocycles. The quantitative estimate of drug-likeness (QED) is 0.856. The van der Waals surface area contributed by atoms with Crippen LogP contribution in [0.1, 0.15) is 12.8 Å². The van der Waals surface area contributed by atoms with E-state index in [-0.39, 0.29) is 0 Å². The van der Waals surface area contributed by atoms with E-state index in [1.807, 2.05) is 12.1 Å². The molecule has 94 valence electrons. The minimum absolute atomic E-state index is 0.535. The predicted octanol–water partition coefficient (Wildman–Crippen LogP) is 1.43. The molecule has 0 spiro atoms. The Kier molecular flexibility index (Phi) is 3.23. The van der Waals surface area contributed by atoms with E-state index >= 15 is 0 Å². The van der Waals surface area contributed by atoms with Crippen LogP contribution in [-0.2, 0) is 0 Å². The highest BCUT2D eigenvalue weighted by Crippen LogP contribution is 2.15. The molecule has 5 nitrogen and oxygen atoms in total. The van der Waals surface area contributed by atoms with E-state index in [9.17, 15) is 0 Å². The summed E-state index contributed by atoms with van der Waals surface area (Å²) in [7, 11) is 0. The molecule has 0 aliphatic carbocycles. The Hall–Kier alpha value is -1.88. The summed E-state index contributed by atoms with van der Waals surface area (Å²) in [6.45, 7) is 2.19. The smallest absolute Gasteiger partial charge is 0.0858 e. The van der Waals surface area contributed by atoms with Gasteiger partial charge in [0.1, 0.15) is 0 Å². The van der Waals surface area contributed by atoms with Crippen molar-refractivity contribution in [1.82, 2.24) is 20.3 Å². The first-order chi connectivity index (χ1) is 8.92. The summed E-state index contributed by atoms with van der Waals surface area (Å²) in [6.07, 6.45) is 5.84. The van der Waals surface area contributed by atoms with E-state index in [4.69, 9.17) is 0 Å². The molecule has 1 aromatic carbocycles. The van der Waals surface area contributed by atoms with Gasteiger partial charge in [0.05, 0.1) is 18.1 Å². The van der Waals surface area contributed by atoms with Crippen LogP contribution in [-0.4, -0.2) is 34.1 Å². The largest absolute Gasteiger partial charge is 0.381 e. The molecule has 2 N–H and O–H groups in total. The molecule has 0 saturated carbocycles. The average molecular weight is 243 g/mol. The highest BCUT2D eigenvalue weighted by Gasteiger charge is 2.12. The van der Waals surface area contributed by atoms with E-state index < -0.39 is 0 Å². The number of nitrogens with one attached hydrogen (secondary N) is 2. The zero-order valence-electron chi connectivity index (χ0n) is 10.2. The number of anilines is 1. The monoisotopic (exact) mass is 243 g/mol. The van der Waals surface area contributed by atoms with Crippen LogP contribution in [0.4, 0.5) is 5.69 Å². The highest BCUT2D eigenvalue weighted by atomic mass is 15.5. The van der Waals surface area contributed by atoms with Gasteiger partial charge < -0.3 is 10.6 Å². The lowest BCUT2D eigenvalue weighted by Crippen LogP contribution is -2.38. The van der Waals surface area contributed by atoms with Gasteiger partial charge in [-0.15, -0.1) is 0 Å². The van der Waals surface area contributed by atoms with Crippen molar-refractivity contribution >= 4 is 5.69 Å². The number of rotatable bonds is 3. The molecule has 0 amide bonds. The number of hydrogen-bond donors (Lipinski definition) is 2. The van der Waals surface area contributed by atoms with Crippen molar-refractivity contribution < 1.29 is 0 Å². The Labute approximate surface area is 106 Å². The molecular formula is C13H17N5. The van der Waals surface area contributed by atoms with Gasteiger partial charge in [-0.05, 0) is 43.7 Å². The number of benzene rings is 1. The standard InChI is InChI=1S/C13H17N5/c1-2-12(10-14-7-1)17-11-3-5-13(6-4-11)18-15-8-9-16-18/h3-6,8-9,12,14,17H,1-2,7,10H2. The van der Waals surface area contributed by atoms with Crippen molar-refractivity contribution in [2.45, 2.75) is 18.9 Å². The summed E-state index contributed by atoms with van der Waals surface area (Å²) in [5.74, 6) is 0. The number of piperidine rings is 1. The van der Waals surface area contributed by atoms with Gasteiger partial charge in [-0.25, -0.2) is 0 Å². The summed E-state index contributed by atoms with van der Waals surface area (Å²) in [5, 5.41) is 15.2. The first-order valence-electron chi connectivity index (χ1n) is 6.36. The van der Waals surface area contributed by atoms with Gasteiger partial charge in [-0.1, -0.05) is 0 Å². The van der Waals surface area contributed by atoms with E-state index in [0.717, 1.165) is 24.5 Å². The van der Waals surface area contributed by atoms with Crippen LogP contribution < -0.4 is 10.6 Å². The fraction of sp³-hybridized carbons (Fsp3) is 0.385. The van der Waals surface area contributed by atoms with Gasteiger partial charge in [-0.3, -0.25) is 0 Å². The maximum Gasteiger partial charge on any atom is 0.0858 e. The Morgan fingerprint density at radius 3 is 2.61 bits per heavy atom. The van der Waals surface area contributed by atoms with E-state index in [1.54, 1.807) is 17.2 Å². The summed E-state index contributed by atoms with van der Waals surface area (Å²) in [5.41, 5.74) is 2.13.